The number of H-pyrrole nitrogens is 1. The lowest BCUT2D eigenvalue weighted by molar-refractivity contribution is -0.939. The van der Waals surface area contributed by atoms with E-state index in [1.165, 1.54) is 68.1 Å². The number of non-ortho nitro benzene ring substituents is 1. The number of hydrogen-bond donors (Lipinski definition) is 1. The van der Waals surface area contributed by atoms with Crippen LogP contribution in [0.25, 0.3) is 11.0 Å². The summed E-state index contributed by atoms with van der Waals surface area (Å²) in [7, 11) is 0. The highest BCUT2D eigenvalue weighted by Crippen LogP contribution is 2.28. The van der Waals surface area contributed by atoms with E-state index in [1.807, 2.05) is 13.0 Å². The highest BCUT2D eigenvalue weighted by atomic mass is 16.6. The van der Waals surface area contributed by atoms with Crippen LogP contribution in [0.1, 0.15) is 12.5 Å². The first-order valence-corrected chi connectivity index (χ1v) is 11.9. The molecule has 1 N–H and O–H groups in total. The highest BCUT2D eigenvalue weighted by Gasteiger charge is 2.38. The monoisotopic (exact) mass is 463 g/mol. The number of hydrogen-bond acceptors (Lipinski definition) is 7. The molecular weight excluding hydrogens is 432 g/mol. The highest BCUT2D eigenvalue weighted by molar-refractivity contribution is 5.79. The minimum atomic E-state index is -0.434. The molecule has 0 spiro atoms. The zero-order valence-corrected chi connectivity index (χ0v) is 19.8. The van der Waals surface area contributed by atoms with Gasteiger partial charge in [-0.15, -0.1) is 10.2 Å². The minimum absolute atomic E-state index is 0.00162. The topological polar surface area (TPSA) is 103 Å². The van der Waals surface area contributed by atoms with Crippen molar-refractivity contribution < 1.29 is 9.41 Å². The number of rotatable bonds is 8. The van der Waals surface area contributed by atoms with Gasteiger partial charge in [0.15, 0.2) is 0 Å². The van der Waals surface area contributed by atoms with Gasteiger partial charge in [0.2, 0.25) is 5.95 Å². The summed E-state index contributed by atoms with van der Waals surface area (Å²) in [5.74, 6) is 0.324. The van der Waals surface area contributed by atoms with Crippen molar-refractivity contribution in [2.75, 3.05) is 63.8 Å². The quantitative estimate of drug-likeness (QED) is 0.234. The van der Waals surface area contributed by atoms with Crippen molar-refractivity contribution in [1.29, 1.82) is 0 Å². The summed E-state index contributed by atoms with van der Waals surface area (Å²) in [6.45, 7) is 15.1. The van der Waals surface area contributed by atoms with Gasteiger partial charge in [-0.1, -0.05) is 0 Å². The van der Waals surface area contributed by atoms with E-state index in [0.29, 0.717) is 17.0 Å². The summed E-state index contributed by atoms with van der Waals surface area (Å²) in [5.41, 5.74) is 4.22. The molecule has 0 amide bonds. The number of azo groups is 1. The van der Waals surface area contributed by atoms with E-state index in [4.69, 9.17) is 0 Å². The van der Waals surface area contributed by atoms with Gasteiger partial charge in [0, 0.05) is 44.0 Å². The summed E-state index contributed by atoms with van der Waals surface area (Å²) in [5, 5.41) is 19.6. The Morgan fingerprint density at radius 2 is 1.91 bits per heavy atom. The molecule has 0 unspecified atom stereocenters. The van der Waals surface area contributed by atoms with Crippen molar-refractivity contribution >= 4 is 34.0 Å². The molecule has 3 aliphatic rings. The standard InChI is InChI=1S/C24H31N8O2/c1-3-30(11-15-32-12-8-29(9-13-32)10-14-32)19-4-6-21(18(2)16-19)27-28-24-25-22-7-5-20(31(33)34)17-23(22)26-24/h4-7,16-17H,3,8-15H2,1-2H3,(H,25,26)/q+1/b28-27+. The number of aromatic nitrogens is 2. The van der Waals surface area contributed by atoms with Gasteiger partial charge in [-0.25, -0.2) is 4.98 Å². The van der Waals surface area contributed by atoms with Crippen molar-refractivity contribution in [3.05, 3.63) is 52.1 Å². The van der Waals surface area contributed by atoms with Gasteiger partial charge in [0.1, 0.15) is 0 Å². The Morgan fingerprint density at radius 3 is 2.59 bits per heavy atom. The maximum Gasteiger partial charge on any atom is 0.271 e. The van der Waals surface area contributed by atoms with Gasteiger partial charge in [0.25, 0.3) is 5.69 Å². The number of anilines is 1. The molecule has 10 nitrogen and oxygen atoms in total. The third-order valence-corrected chi connectivity index (χ3v) is 7.36. The number of aryl methyl sites for hydroxylation is 1. The molecule has 6 rings (SSSR count). The number of quaternary nitrogens is 1. The molecule has 1 aromatic heterocycles. The molecule has 3 aromatic rings. The summed E-state index contributed by atoms with van der Waals surface area (Å²) in [6, 6.07) is 10.8. The second-order valence-corrected chi connectivity index (χ2v) is 9.35. The molecule has 2 bridgehead atoms. The second-order valence-electron chi connectivity index (χ2n) is 9.35. The number of aromatic amines is 1. The fraction of sp³-hybridized carbons (Fsp3) is 0.458. The molecule has 0 saturated carbocycles. The van der Waals surface area contributed by atoms with Gasteiger partial charge in [0.05, 0.1) is 54.4 Å². The largest absolute Gasteiger partial charge is 0.366 e. The van der Waals surface area contributed by atoms with Crippen LogP contribution >= 0.6 is 0 Å². The lowest BCUT2D eigenvalue weighted by Gasteiger charge is -2.51. The van der Waals surface area contributed by atoms with Crippen molar-refractivity contribution in [2.24, 2.45) is 10.2 Å². The van der Waals surface area contributed by atoms with Crippen LogP contribution in [0.3, 0.4) is 0 Å². The van der Waals surface area contributed by atoms with Crippen molar-refractivity contribution in [2.45, 2.75) is 13.8 Å². The first kappa shape index (κ1) is 22.4. The molecular formula is C24H31N8O2+. The average molecular weight is 464 g/mol. The molecule has 3 fully saturated rings. The molecule has 0 atom stereocenters. The number of nitro benzene ring substituents is 1. The lowest BCUT2D eigenvalue weighted by Crippen LogP contribution is -2.68. The van der Waals surface area contributed by atoms with Crippen LogP contribution in [0, 0.1) is 17.0 Å². The maximum absolute atomic E-state index is 11.0. The average Bonchev–Trinajstić information content (AvgIpc) is 3.27. The predicted octanol–water partition coefficient (Wildman–Crippen LogP) is 4.17. The van der Waals surface area contributed by atoms with E-state index >= 15 is 0 Å². The molecule has 4 heterocycles. The number of nitrogens with zero attached hydrogens (tertiary/aromatic N) is 7. The van der Waals surface area contributed by atoms with Crippen molar-refractivity contribution in [1.82, 2.24) is 14.9 Å². The normalized spacial score (nSPS) is 22.0. The molecule has 2 aromatic carbocycles. The Bertz CT molecular complexity index is 1220. The van der Waals surface area contributed by atoms with Crippen LogP contribution in [0.5, 0.6) is 0 Å². The predicted molar refractivity (Wildman–Crippen MR) is 132 cm³/mol. The molecule has 178 valence electrons. The van der Waals surface area contributed by atoms with Crippen LogP contribution in [0.4, 0.5) is 23.0 Å². The third kappa shape index (κ3) is 4.51. The summed E-state index contributed by atoms with van der Waals surface area (Å²) in [4.78, 5) is 22.9. The number of piperazine rings is 3. The van der Waals surface area contributed by atoms with Gasteiger partial charge < -0.3 is 14.4 Å². The molecule has 34 heavy (non-hydrogen) atoms. The lowest BCUT2D eigenvalue weighted by atomic mass is 10.1. The van der Waals surface area contributed by atoms with Crippen LogP contribution in [0.15, 0.2) is 46.6 Å². The second kappa shape index (κ2) is 9.11. The number of imidazole rings is 1. The third-order valence-electron chi connectivity index (χ3n) is 7.36. The van der Waals surface area contributed by atoms with E-state index in [0.717, 1.165) is 24.3 Å². The Morgan fingerprint density at radius 1 is 1.15 bits per heavy atom. The zero-order chi connectivity index (χ0) is 23.7. The van der Waals surface area contributed by atoms with Crippen molar-refractivity contribution in [3.63, 3.8) is 0 Å². The fourth-order valence-electron chi connectivity index (χ4n) is 5.06. The van der Waals surface area contributed by atoms with Crippen LogP contribution in [0.2, 0.25) is 0 Å². The van der Waals surface area contributed by atoms with Crippen molar-refractivity contribution in [3.8, 4) is 0 Å². The molecule has 10 heteroatoms. The van der Waals surface area contributed by atoms with Crippen LogP contribution < -0.4 is 4.90 Å². The number of likely N-dealkylation sites (N-methyl/N-ethyl adjacent to an activating group) is 1. The molecule has 3 saturated heterocycles. The summed E-state index contributed by atoms with van der Waals surface area (Å²) in [6.07, 6.45) is 0. The minimum Gasteiger partial charge on any atom is -0.366 e. The Labute approximate surface area is 198 Å². The molecule has 0 radical (unpaired) electrons. The number of benzene rings is 2. The van der Waals surface area contributed by atoms with Crippen LogP contribution in [-0.2, 0) is 0 Å². The van der Waals surface area contributed by atoms with Gasteiger partial charge in [-0.3, -0.25) is 15.0 Å². The summed E-state index contributed by atoms with van der Waals surface area (Å²) < 4.78 is 1.26. The Hall–Kier alpha value is -3.37. The fourth-order valence-corrected chi connectivity index (χ4v) is 5.06. The SMILES string of the molecule is CCN(CC[N+]12CCN(CC1)CC2)c1ccc(/N=N/c2nc3cc([N+](=O)[O-])ccc3[nH]2)c(C)c1. The van der Waals surface area contributed by atoms with E-state index in [-0.39, 0.29) is 5.69 Å². The molecule has 0 aliphatic carbocycles. The zero-order valence-electron chi connectivity index (χ0n) is 19.8. The maximum atomic E-state index is 11.0. The van der Waals surface area contributed by atoms with E-state index < -0.39 is 4.92 Å². The Balaban J connectivity index is 1.27. The smallest absolute Gasteiger partial charge is 0.271 e. The Kier molecular flexibility index (Phi) is 6.01. The molecule has 3 aliphatic heterocycles. The number of nitrogens with one attached hydrogen (secondary N) is 1. The number of nitro groups is 1. The summed E-state index contributed by atoms with van der Waals surface area (Å²) >= 11 is 0. The van der Waals surface area contributed by atoms with Crippen LogP contribution in [-0.4, -0.2) is 83.2 Å². The first-order chi connectivity index (χ1) is 16.4. The van der Waals surface area contributed by atoms with E-state index in [2.05, 4.69) is 49.1 Å². The van der Waals surface area contributed by atoms with Gasteiger partial charge in [-0.2, -0.15) is 0 Å². The van der Waals surface area contributed by atoms with Gasteiger partial charge in [-0.05, 0) is 43.7 Å². The van der Waals surface area contributed by atoms with E-state index in [9.17, 15) is 10.1 Å². The number of fused-ring (bicyclic) bond motifs is 4. The van der Waals surface area contributed by atoms with E-state index in [1.54, 1.807) is 6.07 Å². The van der Waals surface area contributed by atoms with Gasteiger partial charge >= 0.3 is 0 Å². The first-order valence-electron chi connectivity index (χ1n) is 11.9.